The van der Waals surface area contributed by atoms with Crippen molar-refractivity contribution in [3.05, 3.63) is 59.2 Å². The summed E-state index contributed by atoms with van der Waals surface area (Å²) in [7, 11) is 0. The summed E-state index contributed by atoms with van der Waals surface area (Å²) in [5.41, 5.74) is 6.78. The molecule has 0 bridgehead atoms. The Kier molecular flexibility index (Phi) is 7.26. The summed E-state index contributed by atoms with van der Waals surface area (Å²) in [5.74, 6) is 1.09. The van der Waals surface area contributed by atoms with Gasteiger partial charge in [-0.1, -0.05) is 18.2 Å². The summed E-state index contributed by atoms with van der Waals surface area (Å²) >= 11 is 0. The number of primary amides is 1. The molecule has 0 atom stereocenters. The van der Waals surface area contributed by atoms with Gasteiger partial charge in [0.05, 0.1) is 6.61 Å². The number of amides is 1. The summed E-state index contributed by atoms with van der Waals surface area (Å²) < 4.78 is 17.0. The third-order valence-electron chi connectivity index (χ3n) is 3.56. The van der Waals surface area contributed by atoms with Crippen molar-refractivity contribution in [2.24, 2.45) is 5.73 Å². The van der Waals surface area contributed by atoms with Crippen LogP contribution in [0, 0.1) is 18.3 Å². The zero-order valence-corrected chi connectivity index (χ0v) is 15.4. The fraction of sp³-hybridized carbons (Fsp3) is 0.238. The van der Waals surface area contributed by atoms with Gasteiger partial charge in [0.2, 0.25) is 0 Å². The normalized spacial score (nSPS) is 10.8. The molecular weight excluding hydrogens is 344 g/mol. The summed E-state index contributed by atoms with van der Waals surface area (Å²) in [6, 6.07) is 14.7. The Balaban J connectivity index is 2.03. The lowest BCUT2D eigenvalue weighted by Crippen LogP contribution is -2.12. The molecule has 0 saturated heterocycles. The highest BCUT2D eigenvalue weighted by Crippen LogP contribution is 2.29. The summed E-state index contributed by atoms with van der Waals surface area (Å²) in [4.78, 5) is 11.2. The molecule has 0 aromatic heterocycles. The number of nitriles is 1. The van der Waals surface area contributed by atoms with Crippen molar-refractivity contribution < 1.29 is 19.0 Å². The number of benzene rings is 2. The van der Waals surface area contributed by atoms with Gasteiger partial charge in [0.1, 0.15) is 30.6 Å². The number of aryl methyl sites for hydroxylation is 1. The minimum Gasteiger partial charge on any atom is -0.490 e. The van der Waals surface area contributed by atoms with Crippen LogP contribution in [0.15, 0.2) is 48.0 Å². The topological polar surface area (TPSA) is 94.6 Å². The molecule has 0 saturated carbocycles. The third kappa shape index (κ3) is 6.08. The molecule has 0 fully saturated rings. The number of rotatable bonds is 9. The Morgan fingerprint density at radius 2 is 1.89 bits per heavy atom. The second-order valence-corrected chi connectivity index (χ2v) is 5.69. The quantitative estimate of drug-likeness (QED) is 0.418. The van der Waals surface area contributed by atoms with Crippen LogP contribution >= 0.6 is 0 Å². The molecule has 6 nitrogen and oxygen atoms in total. The number of carbonyl (C=O) groups excluding carboxylic acids is 1. The van der Waals surface area contributed by atoms with Crippen LogP contribution in [0.5, 0.6) is 17.2 Å². The van der Waals surface area contributed by atoms with Crippen LogP contribution in [0.4, 0.5) is 0 Å². The highest BCUT2D eigenvalue weighted by Gasteiger charge is 2.09. The first-order valence-corrected chi connectivity index (χ1v) is 8.54. The van der Waals surface area contributed by atoms with E-state index in [9.17, 15) is 4.79 Å². The van der Waals surface area contributed by atoms with Crippen molar-refractivity contribution in [2.75, 3.05) is 19.8 Å². The lowest BCUT2D eigenvalue weighted by atomic mass is 10.1. The fourth-order valence-electron chi connectivity index (χ4n) is 2.34. The largest absolute Gasteiger partial charge is 0.490 e. The number of ether oxygens (including phenoxy) is 3. The molecular formula is C21H22N2O4. The van der Waals surface area contributed by atoms with Crippen molar-refractivity contribution in [2.45, 2.75) is 13.8 Å². The van der Waals surface area contributed by atoms with E-state index in [0.717, 1.165) is 11.3 Å². The Labute approximate surface area is 158 Å². The van der Waals surface area contributed by atoms with Gasteiger partial charge in [0.15, 0.2) is 11.5 Å². The Hall–Kier alpha value is -3.46. The number of carbonyl (C=O) groups is 1. The summed E-state index contributed by atoms with van der Waals surface area (Å²) in [6.07, 6.45) is 1.41. The molecule has 140 valence electrons. The van der Waals surface area contributed by atoms with E-state index in [1.807, 2.05) is 38.1 Å². The van der Waals surface area contributed by atoms with Crippen molar-refractivity contribution in [1.29, 1.82) is 5.26 Å². The average Bonchev–Trinajstić information content (AvgIpc) is 2.64. The highest BCUT2D eigenvalue weighted by molar-refractivity contribution is 6.00. The molecule has 0 unspecified atom stereocenters. The van der Waals surface area contributed by atoms with E-state index in [4.69, 9.17) is 25.2 Å². The van der Waals surface area contributed by atoms with Crippen molar-refractivity contribution >= 4 is 12.0 Å². The van der Waals surface area contributed by atoms with Gasteiger partial charge in [-0.25, -0.2) is 0 Å². The van der Waals surface area contributed by atoms with Gasteiger partial charge in [-0.2, -0.15) is 5.26 Å². The van der Waals surface area contributed by atoms with E-state index >= 15 is 0 Å². The molecule has 0 aliphatic heterocycles. The van der Waals surface area contributed by atoms with Crippen LogP contribution < -0.4 is 19.9 Å². The van der Waals surface area contributed by atoms with E-state index < -0.39 is 5.91 Å². The number of hydrogen-bond donors (Lipinski definition) is 1. The average molecular weight is 366 g/mol. The number of nitrogens with zero attached hydrogens (tertiary/aromatic N) is 1. The van der Waals surface area contributed by atoms with Gasteiger partial charge in [0, 0.05) is 0 Å². The molecule has 0 aliphatic rings. The van der Waals surface area contributed by atoms with Crippen LogP contribution in [0.3, 0.4) is 0 Å². The molecule has 2 aromatic rings. The Bertz CT molecular complexity index is 869. The lowest BCUT2D eigenvalue weighted by molar-refractivity contribution is -0.114. The Morgan fingerprint density at radius 3 is 2.56 bits per heavy atom. The van der Waals surface area contributed by atoms with Gasteiger partial charge >= 0.3 is 0 Å². The molecule has 0 aliphatic carbocycles. The van der Waals surface area contributed by atoms with E-state index in [1.165, 1.54) is 6.08 Å². The second kappa shape index (κ2) is 9.88. The minimum atomic E-state index is -0.774. The molecule has 27 heavy (non-hydrogen) atoms. The van der Waals surface area contributed by atoms with Crippen LogP contribution in [0.25, 0.3) is 6.08 Å². The van der Waals surface area contributed by atoms with Crippen molar-refractivity contribution in [1.82, 2.24) is 0 Å². The van der Waals surface area contributed by atoms with Gasteiger partial charge in [0.25, 0.3) is 5.91 Å². The van der Waals surface area contributed by atoms with E-state index in [0.29, 0.717) is 36.9 Å². The van der Waals surface area contributed by atoms with Gasteiger partial charge in [-0.05, 0) is 55.3 Å². The van der Waals surface area contributed by atoms with Crippen LogP contribution in [0.2, 0.25) is 0 Å². The molecule has 2 aromatic carbocycles. The number of hydrogen-bond acceptors (Lipinski definition) is 5. The highest BCUT2D eigenvalue weighted by atomic mass is 16.5. The molecule has 0 radical (unpaired) electrons. The predicted molar refractivity (Wildman–Crippen MR) is 103 cm³/mol. The molecule has 1 amide bonds. The van der Waals surface area contributed by atoms with Gasteiger partial charge in [-0.3, -0.25) is 4.79 Å². The molecule has 6 heteroatoms. The second-order valence-electron chi connectivity index (χ2n) is 5.69. The SMILES string of the molecule is CCOc1cc(C=C(C#N)C(N)=O)ccc1OCCOc1cccc(C)c1. The lowest BCUT2D eigenvalue weighted by Gasteiger charge is -2.13. The zero-order chi connectivity index (χ0) is 19.6. The summed E-state index contributed by atoms with van der Waals surface area (Å²) in [5, 5.41) is 8.95. The van der Waals surface area contributed by atoms with Gasteiger partial charge < -0.3 is 19.9 Å². The maximum atomic E-state index is 11.2. The molecule has 2 rings (SSSR count). The molecule has 2 N–H and O–H groups in total. The van der Waals surface area contributed by atoms with Crippen LogP contribution in [0.1, 0.15) is 18.1 Å². The van der Waals surface area contributed by atoms with E-state index in [1.54, 1.807) is 24.3 Å². The first-order chi connectivity index (χ1) is 13.0. The maximum absolute atomic E-state index is 11.2. The van der Waals surface area contributed by atoms with Crippen molar-refractivity contribution in [3.8, 4) is 23.3 Å². The maximum Gasteiger partial charge on any atom is 0.259 e. The molecule has 0 spiro atoms. The number of nitrogens with two attached hydrogens (primary N) is 1. The zero-order valence-electron chi connectivity index (χ0n) is 15.4. The third-order valence-corrected chi connectivity index (χ3v) is 3.56. The van der Waals surface area contributed by atoms with E-state index in [-0.39, 0.29) is 5.57 Å². The standard InChI is InChI=1S/C21H22N2O4/c1-3-25-20-13-16(12-17(14-22)21(23)24)7-8-19(20)27-10-9-26-18-6-4-5-15(2)11-18/h4-8,11-13H,3,9-10H2,1-2H3,(H2,23,24). The minimum absolute atomic E-state index is 0.127. The predicted octanol–water partition coefficient (Wildman–Crippen LogP) is 3.24. The first kappa shape index (κ1) is 19.9. The molecule has 0 heterocycles. The monoisotopic (exact) mass is 366 g/mol. The van der Waals surface area contributed by atoms with Crippen LogP contribution in [-0.2, 0) is 4.79 Å². The fourth-order valence-corrected chi connectivity index (χ4v) is 2.34. The Morgan fingerprint density at radius 1 is 1.11 bits per heavy atom. The van der Waals surface area contributed by atoms with Gasteiger partial charge in [-0.15, -0.1) is 0 Å². The van der Waals surface area contributed by atoms with Crippen LogP contribution in [-0.4, -0.2) is 25.7 Å². The van der Waals surface area contributed by atoms with Crippen molar-refractivity contribution in [3.63, 3.8) is 0 Å². The smallest absolute Gasteiger partial charge is 0.259 e. The summed E-state index contributed by atoms with van der Waals surface area (Å²) in [6.45, 7) is 5.04. The van der Waals surface area contributed by atoms with E-state index in [2.05, 4.69) is 0 Å². The first-order valence-electron chi connectivity index (χ1n) is 8.54.